The highest BCUT2D eigenvalue weighted by Gasteiger charge is 2.29. The first-order chi connectivity index (χ1) is 15.3. The average molecular weight is 481 g/mol. The minimum Gasteiger partial charge on any atom is -0.744 e. The van der Waals surface area contributed by atoms with Gasteiger partial charge in [0.25, 0.3) is 0 Å². The zero-order valence-corrected chi connectivity index (χ0v) is 19.5. The first-order valence-corrected chi connectivity index (χ1v) is 13.5. The Morgan fingerprint density at radius 2 is 1.69 bits per heavy atom. The van der Waals surface area contributed by atoms with Gasteiger partial charge < -0.3 is 9.29 Å². The molecule has 172 valence electrons. The molecule has 0 aliphatic carbocycles. The van der Waals surface area contributed by atoms with Crippen molar-refractivity contribution < 1.29 is 26.5 Å². The number of hydrogen-bond acceptors (Lipinski definition) is 4. The minimum atomic E-state index is -4.84. The molecule has 4 rings (SSSR count). The molecule has 3 aromatic rings. The van der Waals surface area contributed by atoms with Gasteiger partial charge in [-0.25, -0.2) is 17.2 Å². The summed E-state index contributed by atoms with van der Waals surface area (Å²) in [6.45, 7) is 3.03. The third kappa shape index (κ3) is 6.21. The normalized spacial score (nSPS) is 14.2. The number of halogens is 2. The van der Waals surface area contributed by atoms with Crippen LogP contribution in [-0.4, -0.2) is 31.1 Å². The van der Waals surface area contributed by atoms with Gasteiger partial charge >= 0.3 is 0 Å². The highest BCUT2D eigenvalue weighted by molar-refractivity contribution is 7.97. The molecule has 32 heavy (non-hydrogen) atoms. The van der Waals surface area contributed by atoms with Crippen molar-refractivity contribution in [3.63, 3.8) is 0 Å². The molecule has 0 N–H and O–H groups in total. The summed E-state index contributed by atoms with van der Waals surface area (Å²) in [6.07, 6.45) is 5.10. The number of fused-ring (bicyclic) bond motifs is 1. The third-order valence-electron chi connectivity index (χ3n) is 5.11. The summed E-state index contributed by atoms with van der Waals surface area (Å²) in [4.78, 5) is 0.518. The van der Waals surface area contributed by atoms with E-state index in [1.165, 1.54) is 41.5 Å². The Balaban J connectivity index is 0.000000207. The molecule has 4 nitrogen and oxygen atoms in total. The lowest BCUT2D eigenvalue weighted by Gasteiger charge is -2.11. The van der Waals surface area contributed by atoms with Crippen LogP contribution < -0.4 is 4.74 Å². The van der Waals surface area contributed by atoms with Gasteiger partial charge in [0, 0.05) is 27.7 Å². The van der Waals surface area contributed by atoms with Crippen LogP contribution in [0.15, 0.2) is 64.4 Å². The largest absolute Gasteiger partial charge is 0.744 e. The second kappa shape index (κ2) is 11.1. The van der Waals surface area contributed by atoms with Crippen molar-refractivity contribution in [1.29, 1.82) is 0 Å². The lowest BCUT2D eigenvalue weighted by Crippen LogP contribution is -2.05. The molecule has 3 aromatic carbocycles. The Morgan fingerprint density at radius 1 is 1.00 bits per heavy atom. The SMILES string of the molecule is CCCCOc1ccc([S+]2CCCC2)c2ccccc12.O=S(=O)([O-])c1ccc(F)cc1F. The van der Waals surface area contributed by atoms with E-state index in [0.29, 0.717) is 29.1 Å². The second-order valence-electron chi connectivity index (χ2n) is 7.45. The van der Waals surface area contributed by atoms with Gasteiger partial charge in [0.15, 0.2) is 4.90 Å². The Morgan fingerprint density at radius 3 is 2.31 bits per heavy atom. The molecule has 0 aromatic heterocycles. The van der Waals surface area contributed by atoms with Gasteiger partial charge in [-0.1, -0.05) is 31.5 Å². The standard InChI is InChI=1S/C18H23OS.C6H4F2O3S/c1-2-3-12-19-17-10-11-18(20-13-6-7-14-20)16-9-5-4-8-15(16)17;7-4-1-2-6(5(8)3-4)12(9,10)11/h4-5,8-11H,2-3,6-7,12-14H2,1H3;1-3H,(H,9,10,11)/q+1;/p-1. The highest BCUT2D eigenvalue weighted by atomic mass is 32.2. The molecule has 0 radical (unpaired) electrons. The fourth-order valence-corrected chi connectivity index (χ4v) is 6.53. The Hall–Kier alpha value is -2.16. The van der Waals surface area contributed by atoms with E-state index >= 15 is 0 Å². The van der Waals surface area contributed by atoms with Gasteiger partial charge in [-0.05, 0) is 49.6 Å². The van der Waals surface area contributed by atoms with Crippen molar-refractivity contribution >= 4 is 31.8 Å². The molecule has 0 bridgehead atoms. The maximum Gasteiger partial charge on any atom is 0.162 e. The van der Waals surface area contributed by atoms with Crippen molar-refractivity contribution in [1.82, 2.24) is 0 Å². The Bertz CT molecular complexity index is 1160. The van der Waals surface area contributed by atoms with Crippen LogP contribution in [0.5, 0.6) is 5.75 Å². The van der Waals surface area contributed by atoms with E-state index in [1.807, 2.05) is 0 Å². The van der Waals surface area contributed by atoms with Crippen molar-refractivity contribution in [3.05, 3.63) is 66.2 Å². The molecule has 1 heterocycles. The van der Waals surface area contributed by atoms with Crippen LogP contribution in [0.2, 0.25) is 0 Å². The monoisotopic (exact) mass is 480 g/mol. The van der Waals surface area contributed by atoms with E-state index in [4.69, 9.17) is 4.74 Å². The number of rotatable bonds is 6. The van der Waals surface area contributed by atoms with Gasteiger partial charge in [0.2, 0.25) is 0 Å². The predicted octanol–water partition coefficient (Wildman–Crippen LogP) is 5.66. The van der Waals surface area contributed by atoms with E-state index in [9.17, 15) is 21.8 Å². The average Bonchev–Trinajstić information content (AvgIpc) is 3.28. The number of ether oxygens (including phenoxy) is 1. The van der Waals surface area contributed by atoms with Crippen LogP contribution in [0.3, 0.4) is 0 Å². The van der Waals surface area contributed by atoms with Crippen LogP contribution in [0.1, 0.15) is 32.6 Å². The summed E-state index contributed by atoms with van der Waals surface area (Å²) < 4.78 is 61.4. The van der Waals surface area contributed by atoms with E-state index < -0.39 is 26.6 Å². The van der Waals surface area contributed by atoms with Crippen LogP contribution in [0, 0.1) is 11.6 Å². The van der Waals surface area contributed by atoms with Gasteiger partial charge in [-0.3, -0.25) is 0 Å². The van der Waals surface area contributed by atoms with Gasteiger partial charge in [-0.2, -0.15) is 0 Å². The smallest absolute Gasteiger partial charge is 0.162 e. The minimum absolute atomic E-state index is 0.338. The van der Waals surface area contributed by atoms with Gasteiger partial charge in [-0.15, -0.1) is 0 Å². The predicted molar refractivity (Wildman–Crippen MR) is 123 cm³/mol. The zero-order chi connectivity index (χ0) is 23.1. The van der Waals surface area contributed by atoms with Crippen LogP contribution >= 0.6 is 0 Å². The summed E-state index contributed by atoms with van der Waals surface area (Å²) in [5.41, 5.74) is 0. The highest BCUT2D eigenvalue weighted by Crippen LogP contribution is 2.34. The number of benzene rings is 3. The summed E-state index contributed by atoms with van der Waals surface area (Å²) in [7, 11) is -4.38. The molecule has 1 fully saturated rings. The summed E-state index contributed by atoms with van der Waals surface area (Å²) >= 11 is 0. The zero-order valence-electron chi connectivity index (χ0n) is 17.9. The fourth-order valence-electron chi connectivity index (χ4n) is 3.50. The lowest BCUT2D eigenvalue weighted by molar-refractivity contribution is 0.313. The third-order valence-corrected chi connectivity index (χ3v) is 8.52. The molecule has 1 saturated heterocycles. The van der Waals surface area contributed by atoms with Crippen molar-refractivity contribution in [2.45, 2.75) is 42.4 Å². The van der Waals surface area contributed by atoms with Crippen molar-refractivity contribution in [2.75, 3.05) is 18.1 Å². The van der Waals surface area contributed by atoms with Gasteiger partial charge in [0.1, 0.15) is 39.0 Å². The number of unbranched alkanes of at least 4 members (excludes halogenated alkanes) is 1. The molecule has 1 aliphatic heterocycles. The van der Waals surface area contributed by atoms with Crippen molar-refractivity contribution in [3.8, 4) is 5.75 Å². The number of hydrogen-bond donors (Lipinski definition) is 0. The molecular weight excluding hydrogens is 454 g/mol. The van der Waals surface area contributed by atoms with E-state index in [2.05, 4.69) is 43.3 Å². The molecule has 0 spiro atoms. The molecule has 1 aliphatic rings. The topological polar surface area (TPSA) is 66.4 Å². The summed E-state index contributed by atoms with van der Waals surface area (Å²) in [6, 6.07) is 14.9. The van der Waals surface area contributed by atoms with Crippen molar-refractivity contribution in [2.24, 2.45) is 0 Å². The Kier molecular flexibility index (Phi) is 8.51. The van der Waals surface area contributed by atoms with E-state index in [0.717, 1.165) is 18.8 Å². The summed E-state index contributed by atoms with van der Waals surface area (Å²) in [5, 5.41) is 2.70. The van der Waals surface area contributed by atoms with Gasteiger partial charge in [0.05, 0.1) is 11.5 Å². The molecular formula is C24H26F2O4S2. The fraction of sp³-hybridized carbons (Fsp3) is 0.333. The molecule has 8 heteroatoms. The molecule has 0 unspecified atom stereocenters. The quantitative estimate of drug-likeness (QED) is 0.259. The van der Waals surface area contributed by atoms with Crippen LogP contribution in [0.4, 0.5) is 8.78 Å². The van der Waals surface area contributed by atoms with Crippen LogP contribution in [0.25, 0.3) is 10.8 Å². The maximum atomic E-state index is 12.5. The molecule has 0 amide bonds. The summed E-state index contributed by atoms with van der Waals surface area (Å²) in [5.74, 6) is 1.51. The molecule has 0 saturated carbocycles. The van der Waals surface area contributed by atoms with Crippen LogP contribution in [-0.2, 0) is 21.0 Å². The first kappa shape index (κ1) is 24.5. The molecule has 0 atom stereocenters. The van der Waals surface area contributed by atoms with E-state index in [-0.39, 0.29) is 0 Å². The second-order valence-corrected chi connectivity index (χ2v) is 11.0. The van der Waals surface area contributed by atoms with E-state index in [1.54, 1.807) is 4.90 Å². The lowest BCUT2D eigenvalue weighted by atomic mass is 10.1. The Labute approximate surface area is 190 Å². The maximum absolute atomic E-state index is 12.5. The first-order valence-electron chi connectivity index (χ1n) is 10.5.